The second-order valence-corrected chi connectivity index (χ2v) is 15.4. The zero-order valence-corrected chi connectivity index (χ0v) is 21.7. The van der Waals surface area contributed by atoms with Gasteiger partial charge in [-0.05, 0) is 13.3 Å². The monoisotopic (exact) mass is 474 g/mol. The minimum absolute atomic E-state index is 0.241. The molecule has 0 spiro atoms. The van der Waals surface area contributed by atoms with Crippen LogP contribution in [0, 0.1) is 5.92 Å². The molecule has 2 heterocycles. The Labute approximate surface area is 191 Å². The molecular formula is C22H38O9Si. The van der Waals surface area contributed by atoms with Gasteiger partial charge in [0.1, 0.15) is 18.3 Å². The molecule has 0 aromatic heterocycles. The first kappa shape index (κ1) is 26.9. The van der Waals surface area contributed by atoms with E-state index in [1.807, 2.05) is 6.92 Å². The summed E-state index contributed by atoms with van der Waals surface area (Å²) in [5, 5.41) is -0.533. The number of rotatable bonds is 6. The molecular weight excluding hydrogens is 436 g/mol. The highest BCUT2D eigenvalue weighted by Crippen LogP contribution is 2.55. The maximum absolute atomic E-state index is 11.6. The van der Waals surface area contributed by atoms with Crippen LogP contribution in [0.15, 0.2) is 12.2 Å². The first-order valence-corrected chi connectivity index (χ1v) is 12.7. The lowest BCUT2D eigenvalue weighted by Crippen LogP contribution is -2.70. The summed E-state index contributed by atoms with van der Waals surface area (Å²) in [6, 6.07) is 0. The van der Waals surface area contributed by atoms with Crippen LogP contribution in [0.25, 0.3) is 0 Å². The van der Waals surface area contributed by atoms with Crippen molar-refractivity contribution in [3.05, 3.63) is 12.2 Å². The van der Waals surface area contributed by atoms with Crippen molar-refractivity contribution in [3.63, 3.8) is 0 Å². The highest BCUT2D eigenvalue weighted by Gasteiger charge is 2.65. The van der Waals surface area contributed by atoms with Gasteiger partial charge in [-0.2, -0.15) is 9.78 Å². The Bertz CT molecular complexity index is 695. The molecule has 0 radical (unpaired) electrons. The van der Waals surface area contributed by atoms with E-state index in [0.29, 0.717) is 6.42 Å². The third kappa shape index (κ3) is 5.78. The van der Waals surface area contributed by atoms with E-state index in [1.165, 1.54) is 13.8 Å². The van der Waals surface area contributed by atoms with E-state index in [4.69, 9.17) is 33.1 Å². The van der Waals surface area contributed by atoms with Crippen molar-refractivity contribution in [3.8, 4) is 0 Å². The summed E-state index contributed by atoms with van der Waals surface area (Å²) >= 11 is 0. The average Bonchev–Trinajstić information content (AvgIpc) is 2.62. The summed E-state index contributed by atoms with van der Waals surface area (Å²) in [7, 11) is -2.87. The van der Waals surface area contributed by atoms with Crippen LogP contribution in [0.1, 0.15) is 68.7 Å². The lowest BCUT2D eigenvalue weighted by atomic mass is 9.86. The van der Waals surface area contributed by atoms with Crippen LogP contribution in [0.2, 0.25) is 10.1 Å². The van der Waals surface area contributed by atoms with Gasteiger partial charge in [-0.3, -0.25) is 9.78 Å². The maximum Gasteiger partial charge on any atom is 0.349 e. The molecule has 9 nitrogen and oxygen atoms in total. The van der Waals surface area contributed by atoms with Crippen molar-refractivity contribution >= 4 is 20.5 Å². The summed E-state index contributed by atoms with van der Waals surface area (Å²) < 4.78 is 19.4. The Kier molecular flexibility index (Phi) is 8.34. The molecule has 184 valence electrons. The predicted octanol–water partition coefficient (Wildman–Crippen LogP) is 4.11. The Hall–Kier alpha value is -1.30. The average molecular weight is 475 g/mol. The first-order chi connectivity index (χ1) is 14.6. The van der Waals surface area contributed by atoms with Crippen molar-refractivity contribution in [2.75, 3.05) is 6.61 Å². The van der Waals surface area contributed by atoms with Crippen LogP contribution >= 0.6 is 0 Å². The van der Waals surface area contributed by atoms with E-state index < -0.39 is 51.0 Å². The molecule has 0 N–H and O–H groups in total. The smallest absolute Gasteiger partial charge is 0.349 e. The van der Waals surface area contributed by atoms with Crippen LogP contribution < -0.4 is 0 Å². The minimum atomic E-state index is -2.87. The zero-order valence-electron chi connectivity index (χ0n) is 20.7. The van der Waals surface area contributed by atoms with E-state index in [-0.39, 0.29) is 16.7 Å². The van der Waals surface area contributed by atoms with E-state index in [0.717, 1.165) is 5.57 Å². The van der Waals surface area contributed by atoms with Gasteiger partial charge in [0.2, 0.25) is 6.29 Å². The number of allylic oxidation sites excluding steroid dienone is 1. The predicted molar refractivity (Wildman–Crippen MR) is 117 cm³/mol. The molecule has 2 saturated heterocycles. The fraction of sp³-hybridized carbons (Fsp3) is 0.818. The SMILES string of the molecule is C=C(C)C[C@H]1[C@H](OOC(C)=O)O[C@@H]2CO[Si](C(C)(C)C)(C(C)(C)C)O[C@@H]2[C@@H]1OOC(C)=O. The molecule has 32 heavy (non-hydrogen) atoms. The van der Waals surface area contributed by atoms with Gasteiger partial charge in [0.25, 0.3) is 0 Å². The Morgan fingerprint density at radius 2 is 1.50 bits per heavy atom. The molecule has 0 amide bonds. The molecule has 0 saturated carbocycles. The quantitative estimate of drug-likeness (QED) is 0.244. The van der Waals surface area contributed by atoms with Crippen molar-refractivity contribution in [1.29, 1.82) is 0 Å². The van der Waals surface area contributed by atoms with Crippen LogP contribution in [0.5, 0.6) is 0 Å². The Balaban J connectivity index is 2.47. The number of ether oxygens (including phenoxy) is 1. The largest absolute Gasteiger partial charge is 0.391 e. The zero-order chi connectivity index (χ0) is 24.5. The summed E-state index contributed by atoms with van der Waals surface area (Å²) in [4.78, 5) is 43.6. The van der Waals surface area contributed by atoms with Crippen LogP contribution in [0.4, 0.5) is 0 Å². The molecule has 0 aromatic carbocycles. The molecule has 2 aliphatic rings. The third-order valence-corrected chi connectivity index (χ3v) is 10.7. The summed E-state index contributed by atoms with van der Waals surface area (Å²) in [5.74, 6) is -1.73. The van der Waals surface area contributed by atoms with E-state index >= 15 is 0 Å². The van der Waals surface area contributed by atoms with Gasteiger partial charge in [-0.25, -0.2) is 9.59 Å². The molecule has 2 aliphatic heterocycles. The second-order valence-electron chi connectivity index (χ2n) is 10.7. The number of hydrogen-bond acceptors (Lipinski definition) is 9. The Morgan fingerprint density at radius 1 is 0.969 bits per heavy atom. The standard InChI is InChI=1S/C22H38O9Si/c1-13(2)11-16-18(29-27-14(3)23)19-17(26-20(16)30-28-15(4)24)12-25-32(31-19,21(5,6)7)22(8,9)10/h16-20H,1,11-12H2,2-10H3/t16-,17-,18-,19+,20+/m1/s1. The van der Waals surface area contributed by atoms with E-state index in [1.54, 1.807) is 0 Å². The molecule has 0 bridgehead atoms. The molecule has 2 rings (SSSR count). The summed E-state index contributed by atoms with van der Waals surface area (Å²) in [5.41, 5.74) is 0.826. The number of carbonyl (C=O) groups is 2. The number of hydrogen-bond donors (Lipinski definition) is 0. The highest BCUT2D eigenvalue weighted by atomic mass is 28.4. The molecule has 5 atom stereocenters. The van der Waals surface area contributed by atoms with Gasteiger partial charge in [0, 0.05) is 23.9 Å². The molecule has 0 unspecified atom stereocenters. The van der Waals surface area contributed by atoms with Crippen molar-refractivity contribution in [2.45, 2.75) is 103 Å². The van der Waals surface area contributed by atoms with Gasteiger partial charge < -0.3 is 13.6 Å². The number of carbonyl (C=O) groups excluding carboxylic acids is 2. The highest BCUT2D eigenvalue weighted by molar-refractivity contribution is 6.73. The molecule has 2 fully saturated rings. The normalized spacial score (nSPS) is 30.2. The fourth-order valence-electron chi connectivity index (χ4n) is 4.65. The number of fused-ring (bicyclic) bond motifs is 1. The molecule has 0 aliphatic carbocycles. The minimum Gasteiger partial charge on any atom is -0.391 e. The van der Waals surface area contributed by atoms with Crippen LogP contribution in [-0.4, -0.2) is 51.7 Å². The van der Waals surface area contributed by atoms with Gasteiger partial charge >= 0.3 is 20.5 Å². The molecule has 10 heteroatoms. The lowest BCUT2D eigenvalue weighted by molar-refractivity contribution is -0.424. The summed E-state index contributed by atoms with van der Waals surface area (Å²) in [6.07, 6.45) is -2.50. The Morgan fingerprint density at radius 3 is 1.97 bits per heavy atom. The molecule has 0 aromatic rings. The van der Waals surface area contributed by atoms with Gasteiger partial charge in [-0.15, -0.1) is 6.58 Å². The topological polar surface area (TPSA) is 98.8 Å². The van der Waals surface area contributed by atoms with Crippen molar-refractivity contribution in [1.82, 2.24) is 0 Å². The van der Waals surface area contributed by atoms with Gasteiger partial charge in [0.05, 0.1) is 12.5 Å². The third-order valence-electron chi connectivity index (χ3n) is 5.62. The van der Waals surface area contributed by atoms with Crippen LogP contribution in [0.3, 0.4) is 0 Å². The van der Waals surface area contributed by atoms with Crippen LogP contribution in [-0.2, 0) is 42.7 Å². The van der Waals surface area contributed by atoms with E-state index in [2.05, 4.69) is 48.1 Å². The van der Waals surface area contributed by atoms with Crippen molar-refractivity contribution in [2.24, 2.45) is 5.92 Å². The summed E-state index contributed by atoms with van der Waals surface area (Å²) in [6.45, 7) is 21.2. The second kappa shape index (κ2) is 9.90. The van der Waals surface area contributed by atoms with Gasteiger partial charge in [-0.1, -0.05) is 47.1 Å². The lowest BCUT2D eigenvalue weighted by Gasteiger charge is -2.57. The fourth-order valence-corrected chi connectivity index (χ4v) is 9.61. The maximum atomic E-state index is 11.6. The van der Waals surface area contributed by atoms with E-state index in [9.17, 15) is 9.59 Å². The first-order valence-electron chi connectivity index (χ1n) is 10.9. The van der Waals surface area contributed by atoms with Gasteiger partial charge in [0.15, 0.2) is 0 Å². The van der Waals surface area contributed by atoms with Crippen molar-refractivity contribution < 1.29 is 42.7 Å².